The van der Waals surface area contributed by atoms with Crippen LogP contribution in [-0.2, 0) is 0 Å². The highest BCUT2D eigenvalue weighted by Crippen LogP contribution is 2.21. The maximum absolute atomic E-state index is 12.7. The summed E-state index contributed by atoms with van der Waals surface area (Å²) in [4.78, 5) is 15.0. The molecule has 1 aliphatic rings. The summed E-state index contributed by atoms with van der Waals surface area (Å²) in [6.07, 6.45) is 0.892. The van der Waals surface area contributed by atoms with Gasteiger partial charge < -0.3 is 10.2 Å². The number of hydrogen-bond donors (Lipinski definition) is 1. The van der Waals surface area contributed by atoms with Crippen LogP contribution in [0.4, 0.5) is 0 Å². The van der Waals surface area contributed by atoms with E-state index in [-0.39, 0.29) is 11.7 Å². The number of carbonyl (C=O) groups excluding carboxylic acids is 1. The molecular weight excluding hydrogens is 236 g/mol. The fraction of sp³-hybridized carbons (Fsp3) is 0.562. The molecule has 2 unspecified atom stereocenters. The van der Waals surface area contributed by atoms with Crippen molar-refractivity contribution in [3.8, 4) is 0 Å². The summed E-state index contributed by atoms with van der Waals surface area (Å²) in [5.74, 6) is 0.364. The number of Topliss-reactive ketones (excluding diaryl/α,β-unsaturated/α-hetero) is 1. The van der Waals surface area contributed by atoms with Gasteiger partial charge in [0.05, 0.1) is 0 Å². The molecule has 2 rings (SSSR count). The molecule has 2 atom stereocenters. The van der Waals surface area contributed by atoms with E-state index in [9.17, 15) is 4.79 Å². The Morgan fingerprint density at radius 1 is 1.42 bits per heavy atom. The first-order valence-electron chi connectivity index (χ1n) is 7.15. The van der Waals surface area contributed by atoms with Crippen LogP contribution in [0.1, 0.15) is 29.3 Å². The Morgan fingerprint density at radius 3 is 2.68 bits per heavy atom. The van der Waals surface area contributed by atoms with Gasteiger partial charge in [-0.2, -0.15) is 0 Å². The van der Waals surface area contributed by atoms with Crippen LogP contribution in [0.15, 0.2) is 24.3 Å². The van der Waals surface area contributed by atoms with Gasteiger partial charge in [0.15, 0.2) is 5.78 Å². The highest BCUT2D eigenvalue weighted by atomic mass is 16.1. The van der Waals surface area contributed by atoms with Crippen LogP contribution < -0.4 is 5.32 Å². The Hall–Kier alpha value is -1.19. The average Bonchev–Trinajstić information content (AvgIpc) is 2.42. The predicted molar refractivity (Wildman–Crippen MR) is 78.6 cm³/mol. The Kier molecular flexibility index (Phi) is 4.72. The summed E-state index contributed by atoms with van der Waals surface area (Å²) < 4.78 is 0. The Morgan fingerprint density at radius 2 is 2.11 bits per heavy atom. The molecule has 1 N–H and O–H groups in total. The molecule has 0 radical (unpaired) electrons. The lowest BCUT2D eigenvalue weighted by molar-refractivity contribution is 0.0765. The van der Waals surface area contributed by atoms with Crippen molar-refractivity contribution in [1.82, 2.24) is 10.2 Å². The molecule has 1 aromatic rings. The SMILES string of the molecule is CCC(C(=O)c1ccc(C)cc1)C1CNCCN1C. The lowest BCUT2D eigenvalue weighted by atomic mass is 9.86. The van der Waals surface area contributed by atoms with Crippen molar-refractivity contribution in [2.45, 2.75) is 26.3 Å². The fourth-order valence-corrected chi connectivity index (χ4v) is 2.84. The van der Waals surface area contributed by atoms with Crippen molar-refractivity contribution in [3.63, 3.8) is 0 Å². The van der Waals surface area contributed by atoms with Gasteiger partial charge in [0, 0.05) is 37.2 Å². The molecule has 0 aliphatic carbocycles. The van der Waals surface area contributed by atoms with Gasteiger partial charge in [0.1, 0.15) is 0 Å². The van der Waals surface area contributed by atoms with Gasteiger partial charge in [0.2, 0.25) is 0 Å². The Labute approximate surface area is 116 Å². The van der Waals surface area contributed by atoms with Gasteiger partial charge in [0.25, 0.3) is 0 Å². The molecule has 1 saturated heterocycles. The van der Waals surface area contributed by atoms with Gasteiger partial charge in [-0.25, -0.2) is 0 Å². The van der Waals surface area contributed by atoms with E-state index >= 15 is 0 Å². The van der Waals surface area contributed by atoms with E-state index in [0.29, 0.717) is 6.04 Å². The predicted octanol–water partition coefficient (Wildman–Crippen LogP) is 2.11. The third-order valence-electron chi connectivity index (χ3n) is 4.14. The number of piperazine rings is 1. The van der Waals surface area contributed by atoms with E-state index in [0.717, 1.165) is 31.6 Å². The standard InChI is InChI=1S/C16H24N2O/c1-4-14(15-11-17-9-10-18(15)3)16(19)13-7-5-12(2)6-8-13/h5-8,14-15,17H,4,9-11H2,1-3H3. The van der Waals surface area contributed by atoms with Crippen molar-refractivity contribution in [3.05, 3.63) is 35.4 Å². The number of rotatable bonds is 4. The molecule has 0 aromatic heterocycles. The molecule has 3 heteroatoms. The highest BCUT2D eigenvalue weighted by Gasteiger charge is 2.31. The minimum absolute atomic E-state index is 0.0838. The summed E-state index contributed by atoms with van der Waals surface area (Å²) in [7, 11) is 2.12. The molecular formula is C16H24N2O. The lowest BCUT2D eigenvalue weighted by Crippen LogP contribution is -2.54. The van der Waals surface area contributed by atoms with Crippen molar-refractivity contribution >= 4 is 5.78 Å². The summed E-state index contributed by atoms with van der Waals surface area (Å²) in [5.41, 5.74) is 2.04. The first-order chi connectivity index (χ1) is 9.13. The molecule has 0 saturated carbocycles. The average molecular weight is 260 g/mol. The van der Waals surface area contributed by atoms with Crippen molar-refractivity contribution in [2.24, 2.45) is 5.92 Å². The van der Waals surface area contributed by atoms with Crippen LogP contribution >= 0.6 is 0 Å². The smallest absolute Gasteiger partial charge is 0.167 e. The largest absolute Gasteiger partial charge is 0.314 e. The van der Waals surface area contributed by atoms with Gasteiger partial charge in [-0.15, -0.1) is 0 Å². The normalized spacial score (nSPS) is 22.2. The van der Waals surface area contributed by atoms with Gasteiger partial charge >= 0.3 is 0 Å². The van der Waals surface area contributed by atoms with Crippen molar-refractivity contribution in [1.29, 1.82) is 0 Å². The van der Waals surface area contributed by atoms with Gasteiger partial charge in [-0.1, -0.05) is 36.8 Å². The van der Waals surface area contributed by atoms with Crippen LogP contribution in [-0.4, -0.2) is 43.4 Å². The number of nitrogens with zero attached hydrogens (tertiary/aromatic N) is 1. The van der Waals surface area contributed by atoms with Crippen LogP contribution in [0, 0.1) is 12.8 Å². The van der Waals surface area contributed by atoms with E-state index in [1.54, 1.807) is 0 Å². The van der Waals surface area contributed by atoms with Crippen LogP contribution in [0.5, 0.6) is 0 Å². The second kappa shape index (κ2) is 6.31. The first-order valence-corrected chi connectivity index (χ1v) is 7.15. The topological polar surface area (TPSA) is 32.3 Å². The number of aryl methyl sites for hydroxylation is 1. The fourth-order valence-electron chi connectivity index (χ4n) is 2.84. The van der Waals surface area contributed by atoms with E-state index in [2.05, 4.69) is 24.2 Å². The minimum atomic E-state index is 0.0838. The lowest BCUT2D eigenvalue weighted by Gasteiger charge is -2.37. The highest BCUT2D eigenvalue weighted by molar-refractivity contribution is 5.98. The maximum Gasteiger partial charge on any atom is 0.167 e. The zero-order chi connectivity index (χ0) is 13.8. The van der Waals surface area contributed by atoms with Crippen LogP contribution in [0.2, 0.25) is 0 Å². The second-order valence-electron chi connectivity index (χ2n) is 5.50. The number of benzene rings is 1. The first kappa shape index (κ1) is 14.2. The zero-order valence-electron chi connectivity index (χ0n) is 12.1. The van der Waals surface area contributed by atoms with Crippen molar-refractivity contribution in [2.75, 3.05) is 26.7 Å². The van der Waals surface area contributed by atoms with E-state index < -0.39 is 0 Å². The summed E-state index contributed by atoms with van der Waals surface area (Å²) in [6, 6.07) is 8.26. The quantitative estimate of drug-likeness (QED) is 0.842. The van der Waals surface area contributed by atoms with E-state index in [1.165, 1.54) is 5.56 Å². The molecule has 104 valence electrons. The summed E-state index contributed by atoms with van der Waals surface area (Å²) in [6.45, 7) is 7.10. The number of likely N-dealkylation sites (N-methyl/N-ethyl adjacent to an activating group) is 1. The van der Waals surface area contributed by atoms with Crippen LogP contribution in [0.25, 0.3) is 0 Å². The van der Waals surface area contributed by atoms with Gasteiger partial charge in [-0.3, -0.25) is 4.79 Å². The molecule has 1 heterocycles. The third-order valence-corrected chi connectivity index (χ3v) is 4.14. The number of nitrogens with one attached hydrogen (secondary N) is 1. The van der Waals surface area contributed by atoms with Gasteiger partial charge in [-0.05, 0) is 20.4 Å². The van der Waals surface area contributed by atoms with Crippen LogP contribution in [0.3, 0.4) is 0 Å². The second-order valence-corrected chi connectivity index (χ2v) is 5.50. The molecule has 1 aromatic carbocycles. The molecule has 1 aliphatic heterocycles. The van der Waals surface area contributed by atoms with E-state index in [1.807, 2.05) is 31.2 Å². The third kappa shape index (κ3) is 3.23. The van der Waals surface area contributed by atoms with E-state index in [4.69, 9.17) is 0 Å². The maximum atomic E-state index is 12.7. The Balaban J connectivity index is 2.16. The summed E-state index contributed by atoms with van der Waals surface area (Å²) in [5, 5.41) is 3.40. The van der Waals surface area contributed by atoms with Crippen molar-refractivity contribution < 1.29 is 4.79 Å². The Bertz CT molecular complexity index is 427. The number of ketones is 1. The number of carbonyl (C=O) groups is 1. The molecule has 0 bridgehead atoms. The molecule has 0 amide bonds. The molecule has 1 fully saturated rings. The number of hydrogen-bond acceptors (Lipinski definition) is 3. The zero-order valence-corrected chi connectivity index (χ0v) is 12.1. The summed E-state index contributed by atoms with van der Waals surface area (Å²) >= 11 is 0. The monoisotopic (exact) mass is 260 g/mol. The minimum Gasteiger partial charge on any atom is -0.314 e. The molecule has 19 heavy (non-hydrogen) atoms. The molecule has 0 spiro atoms. The molecule has 3 nitrogen and oxygen atoms in total.